The van der Waals surface area contributed by atoms with Crippen LogP contribution < -0.4 is 5.32 Å². The van der Waals surface area contributed by atoms with Gasteiger partial charge in [-0.2, -0.15) is 5.26 Å². The van der Waals surface area contributed by atoms with Gasteiger partial charge in [0, 0.05) is 6.04 Å². The molecule has 1 aliphatic rings. The van der Waals surface area contributed by atoms with Gasteiger partial charge in [0.25, 0.3) is 0 Å². The van der Waals surface area contributed by atoms with E-state index < -0.39 is 0 Å². The van der Waals surface area contributed by atoms with E-state index in [9.17, 15) is 0 Å². The number of rotatable bonds is 3. The van der Waals surface area contributed by atoms with Crippen LogP contribution in [-0.2, 0) is 6.54 Å². The summed E-state index contributed by atoms with van der Waals surface area (Å²) in [5.41, 5.74) is 0. The molecule has 1 N–H and O–H groups in total. The molecular weight excluding hydrogens is 188 g/mol. The van der Waals surface area contributed by atoms with Gasteiger partial charge in [-0.1, -0.05) is 12.2 Å². The van der Waals surface area contributed by atoms with Crippen LogP contribution in [0.4, 0.5) is 0 Å². The monoisotopic (exact) mass is 202 g/mol. The van der Waals surface area contributed by atoms with Crippen LogP contribution in [0.25, 0.3) is 0 Å². The first kappa shape index (κ1) is 10.0. The molecule has 78 valence electrons. The van der Waals surface area contributed by atoms with Crippen molar-refractivity contribution in [2.45, 2.75) is 31.8 Å². The lowest BCUT2D eigenvalue weighted by Gasteiger charge is -2.18. The fourth-order valence-electron chi connectivity index (χ4n) is 1.76. The summed E-state index contributed by atoms with van der Waals surface area (Å²) in [6.07, 6.45) is 7.86. The van der Waals surface area contributed by atoms with Gasteiger partial charge in [-0.3, -0.25) is 0 Å². The first-order valence-corrected chi connectivity index (χ1v) is 5.25. The van der Waals surface area contributed by atoms with Crippen molar-refractivity contribution in [2.24, 2.45) is 0 Å². The highest BCUT2D eigenvalue weighted by atomic mass is 16.3. The smallest absolute Gasteiger partial charge is 0.203 e. The average molecular weight is 202 g/mol. The molecule has 1 aromatic rings. The zero-order valence-corrected chi connectivity index (χ0v) is 8.57. The summed E-state index contributed by atoms with van der Waals surface area (Å²) in [5, 5.41) is 12.0. The summed E-state index contributed by atoms with van der Waals surface area (Å²) in [5.74, 6) is 1.22. The molecule has 3 heteroatoms. The van der Waals surface area contributed by atoms with Crippen molar-refractivity contribution in [3.05, 3.63) is 35.8 Å². The number of hydrogen-bond donors (Lipinski definition) is 1. The summed E-state index contributed by atoms with van der Waals surface area (Å²) in [6.45, 7) is 0.709. The minimum absolute atomic E-state index is 0.385. The maximum Gasteiger partial charge on any atom is 0.203 e. The van der Waals surface area contributed by atoms with Gasteiger partial charge in [0.2, 0.25) is 5.76 Å². The summed E-state index contributed by atoms with van der Waals surface area (Å²) >= 11 is 0. The molecule has 0 aliphatic heterocycles. The third kappa shape index (κ3) is 2.71. The van der Waals surface area contributed by atoms with Crippen LogP contribution in [0, 0.1) is 11.3 Å². The second-order valence-electron chi connectivity index (χ2n) is 3.74. The molecule has 0 saturated carbocycles. The Bertz CT molecular complexity index is 387. The van der Waals surface area contributed by atoms with E-state index in [2.05, 4.69) is 17.5 Å². The Morgan fingerprint density at radius 3 is 3.07 bits per heavy atom. The molecule has 0 radical (unpaired) electrons. The number of allylic oxidation sites excluding steroid dienone is 1. The molecule has 2 rings (SSSR count). The zero-order valence-electron chi connectivity index (χ0n) is 8.57. The third-order valence-corrected chi connectivity index (χ3v) is 2.61. The zero-order chi connectivity index (χ0) is 10.5. The van der Waals surface area contributed by atoms with Gasteiger partial charge in [0.05, 0.1) is 6.54 Å². The van der Waals surface area contributed by atoms with Gasteiger partial charge < -0.3 is 9.73 Å². The molecule has 1 heterocycles. The highest BCUT2D eigenvalue weighted by Gasteiger charge is 2.09. The SMILES string of the molecule is N#Cc1ccc(CNC2CC=CCC2)o1. The lowest BCUT2D eigenvalue weighted by atomic mass is 10.0. The maximum atomic E-state index is 8.59. The minimum atomic E-state index is 0.385. The molecular formula is C12H14N2O. The minimum Gasteiger partial charge on any atom is -0.449 e. The Kier molecular flexibility index (Phi) is 3.21. The van der Waals surface area contributed by atoms with Gasteiger partial charge in [-0.25, -0.2) is 0 Å². The topological polar surface area (TPSA) is 49.0 Å². The van der Waals surface area contributed by atoms with Gasteiger partial charge in [-0.15, -0.1) is 0 Å². The van der Waals surface area contributed by atoms with Crippen LogP contribution >= 0.6 is 0 Å². The van der Waals surface area contributed by atoms with Crippen molar-refractivity contribution in [3.8, 4) is 6.07 Å². The van der Waals surface area contributed by atoms with Gasteiger partial charge >= 0.3 is 0 Å². The maximum absolute atomic E-state index is 8.59. The molecule has 0 fully saturated rings. The van der Waals surface area contributed by atoms with Crippen LogP contribution in [0.2, 0.25) is 0 Å². The Balaban J connectivity index is 1.82. The number of nitrogens with one attached hydrogen (secondary N) is 1. The molecule has 0 saturated heterocycles. The number of nitriles is 1. The molecule has 1 atom stereocenters. The summed E-state index contributed by atoms with van der Waals surface area (Å²) in [4.78, 5) is 0. The normalized spacial score (nSPS) is 20.1. The average Bonchev–Trinajstić information content (AvgIpc) is 2.76. The Labute approximate surface area is 89.4 Å². The highest BCUT2D eigenvalue weighted by Crippen LogP contribution is 2.12. The first-order valence-electron chi connectivity index (χ1n) is 5.25. The largest absolute Gasteiger partial charge is 0.449 e. The molecule has 0 bridgehead atoms. The molecule has 1 unspecified atom stereocenters. The van der Waals surface area contributed by atoms with Gasteiger partial charge in [0.15, 0.2) is 0 Å². The van der Waals surface area contributed by atoms with E-state index in [0.29, 0.717) is 18.3 Å². The van der Waals surface area contributed by atoms with Gasteiger partial charge in [0.1, 0.15) is 11.8 Å². The fourth-order valence-corrected chi connectivity index (χ4v) is 1.76. The number of nitrogens with zero attached hydrogens (tertiary/aromatic N) is 1. The Hall–Kier alpha value is -1.53. The van der Waals surface area contributed by atoms with Crippen molar-refractivity contribution >= 4 is 0 Å². The van der Waals surface area contributed by atoms with Crippen LogP contribution in [0.15, 0.2) is 28.7 Å². The lowest BCUT2D eigenvalue weighted by molar-refractivity contribution is 0.421. The predicted molar refractivity (Wildman–Crippen MR) is 57.0 cm³/mol. The van der Waals surface area contributed by atoms with E-state index in [1.54, 1.807) is 6.07 Å². The highest BCUT2D eigenvalue weighted by molar-refractivity contribution is 5.19. The molecule has 0 amide bonds. The van der Waals surface area contributed by atoms with E-state index in [1.807, 2.05) is 12.1 Å². The van der Waals surface area contributed by atoms with Crippen LogP contribution in [-0.4, -0.2) is 6.04 Å². The molecule has 1 aromatic heterocycles. The fraction of sp³-hybridized carbons (Fsp3) is 0.417. The molecule has 1 aliphatic carbocycles. The summed E-state index contributed by atoms with van der Waals surface area (Å²) in [7, 11) is 0. The molecule has 0 spiro atoms. The second kappa shape index (κ2) is 4.81. The van der Waals surface area contributed by atoms with E-state index in [0.717, 1.165) is 18.6 Å². The third-order valence-electron chi connectivity index (χ3n) is 2.61. The molecule has 15 heavy (non-hydrogen) atoms. The standard InChI is InChI=1S/C12H14N2O/c13-8-11-6-7-12(15-11)9-14-10-4-2-1-3-5-10/h1-2,6-7,10,14H,3-5,9H2. The number of hydrogen-bond acceptors (Lipinski definition) is 3. The van der Waals surface area contributed by atoms with Crippen molar-refractivity contribution < 1.29 is 4.42 Å². The van der Waals surface area contributed by atoms with Crippen LogP contribution in [0.3, 0.4) is 0 Å². The predicted octanol–water partition coefficient (Wildman–Crippen LogP) is 2.35. The van der Waals surface area contributed by atoms with Crippen LogP contribution in [0.5, 0.6) is 0 Å². The van der Waals surface area contributed by atoms with E-state index in [4.69, 9.17) is 9.68 Å². The number of furan rings is 1. The Morgan fingerprint density at radius 1 is 1.47 bits per heavy atom. The second-order valence-corrected chi connectivity index (χ2v) is 3.74. The lowest BCUT2D eigenvalue weighted by Crippen LogP contribution is -2.28. The summed E-state index contributed by atoms with van der Waals surface area (Å²) < 4.78 is 5.28. The van der Waals surface area contributed by atoms with E-state index in [1.165, 1.54) is 6.42 Å². The van der Waals surface area contributed by atoms with Crippen molar-refractivity contribution in [1.29, 1.82) is 5.26 Å². The van der Waals surface area contributed by atoms with Crippen LogP contribution in [0.1, 0.15) is 30.8 Å². The van der Waals surface area contributed by atoms with Gasteiger partial charge in [-0.05, 0) is 31.4 Å². The molecule has 0 aromatic carbocycles. The first-order chi connectivity index (χ1) is 7.38. The van der Waals surface area contributed by atoms with Crippen molar-refractivity contribution in [2.75, 3.05) is 0 Å². The Morgan fingerprint density at radius 2 is 2.40 bits per heavy atom. The van der Waals surface area contributed by atoms with Crippen molar-refractivity contribution in [1.82, 2.24) is 5.32 Å². The quantitative estimate of drug-likeness (QED) is 0.765. The van der Waals surface area contributed by atoms with E-state index >= 15 is 0 Å². The summed E-state index contributed by atoms with van der Waals surface area (Å²) in [6, 6.07) is 6.08. The van der Waals surface area contributed by atoms with E-state index in [-0.39, 0.29) is 0 Å². The van der Waals surface area contributed by atoms with Crippen molar-refractivity contribution in [3.63, 3.8) is 0 Å². The molecule has 3 nitrogen and oxygen atoms in total.